The van der Waals surface area contributed by atoms with Crippen LogP contribution in [-0.2, 0) is 0 Å². The van der Waals surface area contributed by atoms with E-state index in [1.807, 2.05) is 18.2 Å². The third kappa shape index (κ3) is 2.53. The van der Waals surface area contributed by atoms with E-state index in [4.69, 9.17) is 14.2 Å². The Morgan fingerprint density at radius 1 is 1.30 bits per heavy atom. The minimum absolute atomic E-state index is 0.0109. The van der Waals surface area contributed by atoms with Crippen molar-refractivity contribution in [1.82, 2.24) is 0 Å². The molecule has 4 nitrogen and oxygen atoms in total. The number of nitriles is 1. The van der Waals surface area contributed by atoms with Crippen molar-refractivity contribution in [3.63, 3.8) is 0 Å². The molecule has 3 rings (SSSR count). The van der Waals surface area contributed by atoms with Crippen LogP contribution in [0.2, 0.25) is 0 Å². The lowest BCUT2D eigenvalue weighted by atomic mass is 9.79. The van der Waals surface area contributed by atoms with Crippen LogP contribution in [0.4, 0.5) is 0 Å². The number of rotatable bonds is 3. The summed E-state index contributed by atoms with van der Waals surface area (Å²) in [5.74, 6) is 2.89. The summed E-state index contributed by atoms with van der Waals surface area (Å²) < 4.78 is 16.7. The summed E-state index contributed by atoms with van der Waals surface area (Å²) in [4.78, 5) is 0. The van der Waals surface area contributed by atoms with Crippen molar-refractivity contribution in [2.75, 3.05) is 6.79 Å². The first-order valence-corrected chi connectivity index (χ1v) is 7.26. The quantitative estimate of drug-likeness (QED) is 0.845. The molecule has 1 saturated carbocycles. The van der Waals surface area contributed by atoms with E-state index in [1.165, 1.54) is 0 Å². The average molecular weight is 273 g/mol. The Morgan fingerprint density at radius 2 is 2.15 bits per heavy atom. The van der Waals surface area contributed by atoms with Crippen molar-refractivity contribution in [3.05, 3.63) is 18.2 Å². The van der Waals surface area contributed by atoms with Crippen LogP contribution in [0.1, 0.15) is 32.6 Å². The summed E-state index contributed by atoms with van der Waals surface area (Å²) in [5.41, 5.74) is 0. The number of nitrogens with zero attached hydrogens (tertiary/aromatic N) is 1. The molecule has 0 spiro atoms. The van der Waals surface area contributed by atoms with Crippen molar-refractivity contribution in [3.8, 4) is 23.3 Å². The maximum absolute atomic E-state index is 9.28. The predicted octanol–water partition coefficient (Wildman–Crippen LogP) is 3.51. The van der Waals surface area contributed by atoms with Crippen LogP contribution in [0.5, 0.6) is 17.2 Å². The van der Waals surface area contributed by atoms with Gasteiger partial charge in [0.25, 0.3) is 0 Å². The van der Waals surface area contributed by atoms with Crippen molar-refractivity contribution >= 4 is 0 Å². The second-order valence-electron chi connectivity index (χ2n) is 5.49. The van der Waals surface area contributed by atoms with Gasteiger partial charge in [-0.1, -0.05) is 13.3 Å². The number of fused-ring (bicyclic) bond motifs is 1. The minimum atomic E-state index is -0.0147. The molecule has 0 aromatic heterocycles. The van der Waals surface area contributed by atoms with Crippen LogP contribution >= 0.6 is 0 Å². The zero-order valence-corrected chi connectivity index (χ0v) is 11.7. The molecule has 0 radical (unpaired) electrons. The molecule has 0 bridgehead atoms. The Labute approximate surface area is 119 Å². The molecule has 2 aliphatic rings. The second-order valence-corrected chi connectivity index (χ2v) is 5.49. The molecule has 3 atom stereocenters. The molecule has 1 heterocycles. The molecule has 0 N–H and O–H groups in total. The Balaban J connectivity index is 1.73. The van der Waals surface area contributed by atoms with E-state index in [-0.39, 0.29) is 18.8 Å². The predicted molar refractivity (Wildman–Crippen MR) is 73.7 cm³/mol. The SMILES string of the molecule is CCC1CCC(C#N)C(Oc2ccc3c(c2)OCO3)C1. The van der Waals surface area contributed by atoms with Gasteiger partial charge in [-0.25, -0.2) is 0 Å². The second kappa shape index (κ2) is 5.62. The van der Waals surface area contributed by atoms with Gasteiger partial charge in [0.05, 0.1) is 12.0 Å². The van der Waals surface area contributed by atoms with E-state index in [1.54, 1.807) is 0 Å². The summed E-state index contributed by atoms with van der Waals surface area (Å²) in [6, 6.07) is 7.99. The highest BCUT2D eigenvalue weighted by atomic mass is 16.7. The number of benzene rings is 1. The van der Waals surface area contributed by atoms with E-state index >= 15 is 0 Å². The fourth-order valence-electron chi connectivity index (χ4n) is 2.99. The number of hydrogen-bond acceptors (Lipinski definition) is 4. The van der Waals surface area contributed by atoms with Gasteiger partial charge in [-0.15, -0.1) is 0 Å². The van der Waals surface area contributed by atoms with E-state index < -0.39 is 0 Å². The highest BCUT2D eigenvalue weighted by Crippen LogP contribution is 2.38. The molecule has 0 saturated heterocycles. The maximum Gasteiger partial charge on any atom is 0.231 e. The molecular formula is C16H19NO3. The minimum Gasteiger partial charge on any atom is -0.489 e. The largest absolute Gasteiger partial charge is 0.489 e. The molecule has 3 unspecified atom stereocenters. The molecule has 1 aliphatic carbocycles. The van der Waals surface area contributed by atoms with E-state index in [9.17, 15) is 5.26 Å². The third-order valence-electron chi connectivity index (χ3n) is 4.28. The first kappa shape index (κ1) is 13.1. The van der Waals surface area contributed by atoms with Crippen LogP contribution in [0.3, 0.4) is 0 Å². The summed E-state index contributed by atoms with van der Waals surface area (Å²) >= 11 is 0. The number of ether oxygens (including phenoxy) is 3. The Kier molecular flexibility index (Phi) is 3.68. The van der Waals surface area contributed by atoms with Crippen LogP contribution in [0, 0.1) is 23.2 Å². The highest BCUT2D eigenvalue weighted by molar-refractivity contribution is 5.46. The van der Waals surface area contributed by atoms with Crippen LogP contribution in [0.25, 0.3) is 0 Å². The summed E-state index contributed by atoms with van der Waals surface area (Å²) in [6.45, 7) is 2.47. The molecule has 1 fully saturated rings. The topological polar surface area (TPSA) is 51.5 Å². The zero-order chi connectivity index (χ0) is 13.9. The lowest BCUT2D eigenvalue weighted by Crippen LogP contribution is -2.33. The normalized spacial score (nSPS) is 27.9. The molecule has 1 aromatic rings. The highest BCUT2D eigenvalue weighted by Gasteiger charge is 2.31. The van der Waals surface area contributed by atoms with E-state index in [0.29, 0.717) is 5.92 Å². The standard InChI is InChI=1S/C16H19NO3/c1-2-11-3-4-12(9-17)15(7-11)20-13-5-6-14-16(8-13)19-10-18-14/h5-6,8,11-12,15H,2-4,7,10H2,1H3. The van der Waals surface area contributed by atoms with Gasteiger partial charge < -0.3 is 14.2 Å². The van der Waals surface area contributed by atoms with Gasteiger partial charge >= 0.3 is 0 Å². The van der Waals surface area contributed by atoms with Crippen LogP contribution in [-0.4, -0.2) is 12.9 Å². The van der Waals surface area contributed by atoms with E-state index in [0.717, 1.165) is 42.9 Å². The monoisotopic (exact) mass is 273 g/mol. The first-order chi connectivity index (χ1) is 9.80. The Bertz CT molecular complexity index is 523. The van der Waals surface area contributed by atoms with Gasteiger partial charge in [-0.2, -0.15) is 5.26 Å². The van der Waals surface area contributed by atoms with Crippen molar-refractivity contribution in [2.45, 2.75) is 38.7 Å². The molecule has 1 aromatic carbocycles. The summed E-state index contributed by atoms with van der Waals surface area (Å²) in [5, 5.41) is 9.28. The van der Waals surface area contributed by atoms with Crippen molar-refractivity contribution in [1.29, 1.82) is 5.26 Å². The lowest BCUT2D eigenvalue weighted by Gasteiger charge is -2.32. The molecule has 1 aliphatic heterocycles. The lowest BCUT2D eigenvalue weighted by molar-refractivity contribution is 0.0890. The van der Waals surface area contributed by atoms with Gasteiger partial charge in [-0.3, -0.25) is 0 Å². The Hall–Kier alpha value is -1.89. The Morgan fingerprint density at radius 3 is 2.95 bits per heavy atom. The molecule has 4 heteroatoms. The maximum atomic E-state index is 9.28. The first-order valence-electron chi connectivity index (χ1n) is 7.26. The van der Waals surface area contributed by atoms with Crippen molar-refractivity contribution in [2.24, 2.45) is 11.8 Å². The zero-order valence-electron chi connectivity index (χ0n) is 11.7. The van der Waals surface area contributed by atoms with E-state index in [2.05, 4.69) is 13.0 Å². The smallest absolute Gasteiger partial charge is 0.231 e. The summed E-state index contributed by atoms with van der Waals surface area (Å²) in [6.07, 6.45) is 4.17. The van der Waals surface area contributed by atoms with Gasteiger partial charge in [0, 0.05) is 6.07 Å². The fourth-order valence-corrected chi connectivity index (χ4v) is 2.99. The van der Waals surface area contributed by atoms with Gasteiger partial charge in [0.2, 0.25) is 6.79 Å². The molecular weight excluding hydrogens is 254 g/mol. The van der Waals surface area contributed by atoms with Gasteiger partial charge in [-0.05, 0) is 37.3 Å². The molecule has 0 amide bonds. The average Bonchev–Trinajstić information content (AvgIpc) is 2.94. The third-order valence-corrected chi connectivity index (χ3v) is 4.28. The summed E-state index contributed by atoms with van der Waals surface area (Å²) in [7, 11) is 0. The fraction of sp³-hybridized carbons (Fsp3) is 0.562. The van der Waals surface area contributed by atoms with Crippen molar-refractivity contribution < 1.29 is 14.2 Å². The number of hydrogen-bond donors (Lipinski definition) is 0. The molecule has 106 valence electrons. The van der Waals surface area contributed by atoms with Gasteiger partial charge in [0.1, 0.15) is 11.9 Å². The van der Waals surface area contributed by atoms with Crippen LogP contribution in [0.15, 0.2) is 18.2 Å². The molecule has 20 heavy (non-hydrogen) atoms. The van der Waals surface area contributed by atoms with Crippen LogP contribution < -0.4 is 14.2 Å². The van der Waals surface area contributed by atoms with Gasteiger partial charge in [0.15, 0.2) is 11.5 Å².